The highest BCUT2D eigenvalue weighted by molar-refractivity contribution is 7.13. The molecule has 1 aliphatic carbocycles. The molecule has 3 aromatic rings. The van der Waals surface area contributed by atoms with Gasteiger partial charge >= 0.3 is 0 Å². The predicted octanol–water partition coefficient (Wildman–Crippen LogP) is 5.38. The summed E-state index contributed by atoms with van der Waals surface area (Å²) in [6.45, 7) is 0. The number of benzene rings is 1. The highest BCUT2D eigenvalue weighted by atomic mass is 35.5. The van der Waals surface area contributed by atoms with Gasteiger partial charge in [0, 0.05) is 11.8 Å². The molecule has 1 aliphatic rings. The quantitative estimate of drug-likeness (QED) is 0.662. The first-order valence-electron chi connectivity index (χ1n) is 7.36. The smallest absolute Gasteiger partial charge is 0.236 e. The Morgan fingerprint density at radius 1 is 1.21 bits per heavy atom. The fourth-order valence-corrected chi connectivity index (χ4v) is 3.56. The molecule has 0 saturated heterocycles. The van der Waals surface area contributed by atoms with Gasteiger partial charge < -0.3 is 9.84 Å². The number of rotatable bonds is 4. The Morgan fingerprint density at radius 3 is 2.71 bits per heavy atom. The van der Waals surface area contributed by atoms with Crippen molar-refractivity contribution in [3.05, 3.63) is 57.5 Å². The van der Waals surface area contributed by atoms with Gasteiger partial charge in [-0.05, 0) is 42.5 Å². The van der Waals surface area contributed by atoms with Crippen molar-refractivity contribution in [2.75, 3.05) is 5.32 Å². The topological polar surface area (TPSA) is 55.1 Å². The van der Waals surface area contributed by atoms with Crippen molar-refractivity contribution in [2.24, 2.45) is 0 Å². The largest absolute Gasteiger partial charge is 0.355 e. The predicted molar refractivity (Wildman–Crippen MR) is 95.8 cm³/mol. The number of nitrogens with one attached hydrogen (secondary N) is 1. The highest BCUT2D eigenvalue weighted by Crippen LogP contribution is 2.49. The van der Waals surface area contributed by atoms with Crippen LogP contribution in [0.4, 0.5) is 5.69 Å². The molecule has 0 radical (unpaired) electrons. The monoisotopic (exact) mass is 378 g/mol. The molecule has 1 N–H and O–H groups in total. The van der Waals surface area contributed by atoms with Gasteiger partial charge in [-0.25, -0.2) is 0 Å². The molecule has 1 saturated carbocycles. The number of anilines is 1. The third kappa shape index (κ3) is 2.73. The molecule has 4 rings (SSSR count). The van der Waals surface area contributed by atoms with Gasteiger partial charge in [0.1, 0.15) is 0 Å². The lowest BCUT2D eigenvalue weighted by Gasteiger charge is -2.12. The van der Waals surface area contributed by atoms with Crippen LogP contribution < -0.4 is 5.32 Å². The SMILES string of the molecule is O=C(Nc1ccc(Cl)c(Cl)c1)C1(c2cc(-c3cccs3)on2)CC1. The minimum atomic E-state index is -0.620. The molecule has 0 unspecified atom stereocenters. The second kappa shape index (κ2) is 5.92. The van der Waals surface area contributed by atoms with E-state index in [2.05, 4.69) is 10.5 Å². The summed E-state index contributed by atoms with van der Waals surface area (Å²) in [6, 6.07) is 10.8. The van der Waals surface area contributed by atoms with E-state index in [1.54, 1.807) is 29.5 Å². The van der Waals surface area contributed by atoms with Gasteiger partial charge in [-0.2, -0.15) is 0 Å². The zero-order chi connectivity index (χ0) is 16.7. The minimum Gasteiger partial charge on any atom is -0.355 e. The second-order valence-electron chi connectivity index (χ2n) is 5.72. The molecule has 1 aromatic carbocycles. The van der Waals surface area contributed by atoms with Crippen LogP contribution >= 0.6 is 34.5 Å². The summed E-state index contributed by atoms with van der Waals surface area (Å²) in [7, 11) is 0. The Balaban J connectivity index is 1.56. The Morgan fingerprint density at radius 2 is 2.04 bits per heavy atom. The zero-order valence-corrected chi connectivity index (χ0v) is 14.7. The maximum absolute atomic E-state index is 12.7. The molecule has 1 amide bonds. The van der Waals surface area contributed by atoms with Crippen LogP contribution in [0.25, 0.3) is 10.6 Å². The van der Waals surface area contributed by atoms with E-state index in [-0.39, 0.29) is 5.91 Å². The first kappa shape index (κ1) is 15.7. The summed E-state index contributed by atoms with van der Waals surface area (Å²) in [6.07, 6.45) is 1.49. The normalized spacial score (nSPS) is 15.2. The average molecular weight is 379 g/mol. The minimum absolute atomic E-state index is 0.105. The number of aromatic nitrogens is 1. The lowest BCUT2D eigenvalue weighted by atomic mass is 10.0. The Labute approximate surface area is 152 Å². The van der Waals surface area contributed by atoms with E-state index in [0.717, 1.165) is 17.7 Å². The molecule has 7 heteroatoms. The first-order chi connectivity index (χ1) is 11.6. The van der Waals surface area contributed by atoms with Crippen molar-refractivity contribution in [3.63, 3.8) is 0 Å². The molecule has 122 valence electrons. The van der Waals surface area contributed by atoms with Crippen molar-refractivity contribution in [1.29, 1.82) is 0 Å². The van der Waals surface area contributed by atoms with E-state index in [0.29, 0.717) is 27.2 Å². The molecule has 1 fully saturated rings. The van der Waals surface area contributed by atoms with Crippen LogP contribution in [-0.2, 0) is 10.2 Å². The van der Waals surface area contributed by atoms with E-state index in [1.807, 2.05) is 23.6 Å². The van der Waals surface area contributed by atoms with Crippen LogP contribution in [0.15, 0.2) is 46.3 Å². The summed E-state index contributed by atoms with van der Waals surface area (Å²) in [5, 5.41) is 9.85. The van der Waals surface area contributed by atoms with Crippen molar-refractivity contribution in [1.82, 2.24) is 5.16 Å². The van der Waals surface area contributed by atoms with E-state index in [1.165, 1.54) is 0 Å². The number of halogens is 2. The van der Waals surface area contributed by atoms with Gasteiger partial charge in [0.2, 0.25) is 5.91 Å². The Bertz CT molecular complexity index is 901. The third-order valence-corrected chi connectivity index (χ3v) is 5.75. The van der Waals surface area contributed by atoms with Crippen LogP contribution in [0.3, 0.4) is 0 Å². The van der Waals surface area contributed by atoms with Gasteiger partial charge in [0.15, 0.2) is 5.76 Å². The van der Waals surface area contributed by atoms with Gasteiger partial charge in [-0.15, -0.1) is 11.3 Å². The molecular formula is C17H12Cl2N2O2S. The Hall–Kier alpha value is -1.82. The molecule has 2 heterocycles. The van der Waals surface area contributed by atoms with E-state index in [9.17, 15) is 4.79 Å². The van der Waals surface area contributed by atoms with Gasteiger partial charge in [0.25, 0.3) is 0 Å². The highest BCUT2D eigenvalue weighted by Gasteiger charge is 2.53. The zero-order valence-electron chi connectivity index (χ0n) is 12.4. The van der Waals surface area contributed by atoms with Crippen molar-refractivity contribution < 1.29 is 9.32 Å². The number of hydrogen-bond acceptors (Lipinski definition) is 4. The third-order valence-electron chi connectivity index (χ3n) is 4.13. The fourth-order valence-electron chi connectivity index (χ4n) is 2.58. The summed E-state index contributed by atoms with van der Waals surface area (Å²) in [4.78, 5) is 13.7. The maximum Gasteiger partial charge on any atom is 0.236 e. The number of carbonyl (C=O) groups excluding carboxylic acids is 1. The lowest BCUT2D eigenvalue weighted by Crippen LogP contribution is -2.28. The molecule has 4 nitrogen and oxygen atoms in total. The van der Waals surface area contributed by atoms with E-state index < -0.39 is 5.41 Å². The van der Waals surface area contributed by atoms with Crippen LogP contribution in [-0.4, -0.2) is 11.1 Å². The molecule has 24 heavy (non-hydrogen) atoms. The molecule has 0 aliphatic heterocycles. The summed E-state index contributed by atoms with van der Waals surface area (Å²) < 4.78 is 5.41. The standard InChI is InChI=1S/C17H12Cl2N2O2S/c18-11-4-3-10(8-12(11)19)20-16(22)17(5-6-17)15-9-13(23-21-15)14-2-1-7-24-14/h1-4,7-9H,5-6H2,(H,20,22). The number of amides is 1. The van der Waals surface area contributed by atoms with Gasteiger partial charge in [-0.3, -0.25) is 4.79 Å². The summed E-state index contributed by atoms with van der Waals surface area (Å²) >= 11 is 13.5. The van der Waals surface area contributed by atoms with Gasteiger partial charge in [0.05, 0.1) is 26.0 Å². The number of thiophene rings is 1. The van der Waals surface area contributed by atoms with Crippen LogP contribution in [0.1, 0.15) is 18.5 Å². The molecule has 0 atom stereocenters. The van der Waals surface area contributed by atoms with Crippen molar-refractivity contribution in [2.45, 2.75) is 18.3 Å². The number of carbonyl (C=O) groups is 1. The number of nitrogens with zero attached hydrogens (tertiary/aromatic N) is 1. The molecule has 0 spiro atoms. The van der Waals surface area contributed by atoms with Crippen molar-refractivity contribution >= 4 is 46.1 Å². The average Bonchev–Trinajstić information content (AvgIpc) is 3.00. The van der Waals surface area contributed by atoms with Crippen LogP contribution in [0.5, 0.6) is 0 Å². The van der Waals surface area contributed by atoms with Crippen LogP contribution in [0, 0.1) is 0 Å². The molecule has 0 bridgehead atoms. The lowest BCUT2D eigenvalue weighted by molar-refractivity contribution is -0.118. The number of hydrogen-bond donors (Lipinski definition) is 1. The van der Waals surface area contributed by atoms with Crippen LogP contribution in [0.2, 0.25) is 10.0 Å². The molecule has 2 aromatic heterocycles. The maximum atomic E-state index is 12.7. The van der Waals surface area contributed by atoms with E-state index in [4.69, 9.17) is 27.7 Å². The van der Waals surface area contributed by atoms with Crippen molar-refractivity contribution in [3.8, 4) is 10.6 Å². The summed E-state index contributed by atoms with van der Waals surface area (Å²) in [5.41, 5.74) is 0.664. The Kier molecular flexibility index (Phi) is 3.87. The van der Waals surface area contributed by atoms with Gasteiger partial charge in [-0.1, -0.05) is 34.4 Å². The fraction of sp³-hybridized carbons (Fsp3) is 0.176. The van der Waals surface area contributed by atoms with E-state index >= 15 is 0 Å². The first-order valence-corrected chi connectivity index (χ1v) is 9.00. The molecular weight excluding hydrogens is 367 g/mol. The second-order valence-corrected chi connectivity index (χ2v) is 7.48. The summed E-state index contributed by atoms with van der Waals surface area (Å²) in [5.74, 6) is 0.584.